The van der Waals surface area contributed by atoms with Crippen molar-refractivity contribution in [1.29, 1.82) is 0 Å². The van der Waals surface area contributed by atoms with Crippen LogP contribution in [-0.4, -0.2) is 30.3 Å². The third kappa shape index (κ3) is 2.57. The van der Waals surface area contributed by atoms with Crippen molar-refractivity contribution in [3.63, 3.8) is 0 Å². The summed E-state index contributed by atoms with van der Waals surface area (Å²) >= 11 is 0. The minimum absolute atomic E-state index is 0.0121. The molecule has 1 aliphatic rings. The fourth-order valence-corrected chi connectivity index (χ4v) is 2.30. The zero-order chi connectivity index (χ0) is 14.0. The summed E-state index contributed by atoms with van der Waals surface area (Å²) in [6, 6.07) is 5.32. The summed E-state index contributed by atoms with van der Waals surface area (Å²) in [6.07, 6.45) is 0. The Morgan fingerprint density at radius 1 is 1.47 bits per heavy atom. The van der Waals surface area contributed by atoms with E-state index in [-0.39, 0.29) is 31.1 Å². The molecule has 0 bridgehead atoms. The number of hydrogen-bond donors (Lipinski definition) is 2. The number of rotatable bonds is 4. The lowest BCUT2D eigenvalue weighted by Gasteiger charge is -2.37. The fourth-order valence-electron chi connectivity index (χ4n) is 2.30. The summed E-state index contributed by atoms with van der Waals surface area (Å²) in [4.78, 5) is 13.8. The monoisotopic (exact) mass is 264 g/mol. The van der Waals surface area contributed by atoms with Crippen molar-refractivity contribution in [2.24, 2.45) is 11.7 Å². The first-order valence-electron chi connectivity index (χ1n) is 6.47. The van der Waals surface area contributed by atoms with Gasteiger partial charge < -0.3 is 20.5 Å². The smallest absolute Gasteiger partial charge is 0.265 e. The molecule has 1 aromatic rings. The van der Waals surface area contributed by atoms with Gasteiger partial charge in [-0.15, -0.1) is 0 Å². The number of amides is 1. The molecule has 1 amide bonds. The molecular weight excluding hydrogens is 244 g/mol. The van der Waals surface area contributed by atoms with E-state index >= 15 is 0 Å². The number of hydrogen-bond acceptors (Lipinski definition) is 4. The molecule has 0 saturated heterocycles. The van der Waals surface area contributed by atoms with E-state index in [0.717, 1.165) is 5.56 Å². The molecule has 2 rings (SSSR count). The minimum Gasteiger partial charge on any atom is -0.482 e. The van der Waals surface area contributed by atoms with Crippen LogP contribution in [0.3, 0.4) is 0 Å². The first-order valence-corrected chi connectivity index (χ1v) is 6.47. The van der Waals surface area contributed by atoms with Gasteiger partial charge >= 0.3 is 0 Å². The molecule has 0 saturated carbocycles. The topological polar surface area (TPSA) is 75.8 Å². The largest absolute Gasteiger partial charge is 0.482 e. The molecule has 0 spiro atoms. The lowest BCUT2D eigenvalue weighted by Crippen LogP contribution is -2.49. The normalized spacial score (nSPS) is 16.3. The number of nitrogens with zero attached hydrogens (tertiary/aromatic N) is 1. The minimum atomic E-state index is -0.247. The first-order chi connectivity index (χ1) is 9.08. The molecule has 3 N–H and O–H groups in total. The molecule has 0 fully saturated rings. The number of carbonyl (C=O) groups is 1. The van der Waals surface area contributed by atoms with Gasteiger partial charge in [-0.05, 0) is 23.6 Å². The average molecular weight is 264 g/mol. The summed E-state index contributed by atoms with van der Waals surface area (Å²) in [5.74, 6) is 0.687. The maximum atomic E-state index is 12.1. The fraction of sp³-hybridized carbons (Fsp3) is 0.500. The molecule has 1 heterocycles. The van der Waals surface area contributed by atoms with E-state index in [2.05, 4.69) is 0 Å². The van der Waals surface area contributed by atoms with Crippen LogP contribution < -0.4 is 15.4 Å². The Hall–Kier alpha value is -1.59. The Bertz CT molecular complexity index is 474. The predicted octanol–water partition coefficient (Wildman–Crippen LogP) is 0.888. The standard InChI is InChI=1S/C14H20N2O3/c1-9(2)12(7-17)16-11-5-10(6-15)3-4-13(11)19-8-14(16)18/h3-5,9,12,17H,6-8,15H2,1-2H3. The highest BCUT2D eigenvalue weighted by atomic mass is 16.5. The van der Waals surface area contributed by atoms with Gasteiger partial charge in [0.15, 0.2) is 6.61 Å². The number of nitrogens with two attached hydrogens (primary N) is 1. The van der Waals surface area contributed by atoms with Crippen LogP contribution in [0, 0.1) is 5.92 Å². The van der Waals surface area contributed by atoms with Crippen LogP contribution in [-0.2, 0) is 11.3 Å². The van der Waals surface area contributed by atoms with Crippen molar-refractivity contribution >= 4 is 11.6 Å². The van der Waals surface area contributed by atoms with Crippen LogP contribution in [0.15, 0.2) is 18.2 Å². The van der Waals surface area contributed by atoms with Gasteiger partial charge in [0, 0.05) is 6.54 Å². The van der Waals surface area contributed by atoms with Crippen LogP contribution in [0.5, 0.6) is 5.75 Å². The Morgan fingerprint density at radius 3 is 2.79 bits per heavy atom. The SMILES string of the molecule is CC(C)C(CO)N1C(=O)COc2ccc(CN)cc21. The highest BCUT2D eigenvalue weighted by Crippen LogP contribution is 2.35. The number of ether oxygens (including phenoxy) is 1. The van der Waals surface area contributed by atoms with E-state index in [1.54, 1.807) is 4.90 Å². The Morgan fingerprint density at radius 2 is 2.21 bits per heavy atom. The second-order valence-electron chi connectivity index (χ2n) is 5.05. The number of fused-ring (bicyclic) bond motifs is 1. The van der Waals surface area contributed by atoms with Crippen LogP contribution >= 0.6 is 0 Å². The molecule has 0 aromatic heterocycles. The maximum Gasteiger partial charge on any atom is 0.265 e. The van der Waals surface area contributed by atoms with Gasteiger partial charge in [-0.25, -0.2) is 0 Å². The Balaban J connectivity index is 2.46. The van der Waals surface area contributed by atoms with Gasteiger partial charge in [0.25, 0.3) is 5.91 Å². The summed E-state index contributed by atoms with van der Waals surface area (Å²) in [5, 5.41) is 9.56. The molecule has 1 unspecified atom stereocenters. The van der Waals surface area contributed by atoms with Crippen LogP contribution in [0.2, 0.25) is 0 Å². The highest BCUT2D eigenvalue weighted by Gasteiger charge is 2.33. The van der Waals surface area contributed by atoms with E-state index in [4.69, 9.17) is 10.5 Å². The van der Waals surface area contributed by atoms with E-state index in [1.165, 1.54) is 0 Å². The van der Waals surface area contributed by atoms with Gasteiger partial charge in [0.2, 0.25) is 0 Å². The molecule has 1 aromatic carbocycles. The number of anilines is 1. The van der Waals surface area contributed by atoms with E-state index in [1.807, 2.05) is 32.0 Å². The summed E-state index contributed by atoms with van der Waals surface area (Å²) in [6.45, 7) is 4.31. The van der Waals surface area contributed by atoms with Crippen molar-refractivity contribution in [2.45, 2.75) is 26.4 Å². The van der Waals surface area contributed by atoms with Crippen LogP contribution in [0.4, 0.5) is 5.69 Å². The second-order valence-corrected chi connectivity index (χ2v) is 5.05. The molecule has 5 heteroatoms. The maximum absolute atomic E-state index is 12.1. The van der Waals surface area contributed by atoms with Gasteiger partial charge in [-0.3, -0.25) is 4.79 Å². The van der Waals surface area contributed by atoms with Crippen molar-refractivity contribution in [3.8, 4) is 5.75 Å². The number of benzene rings is 1. The van der Waals surface area contributed by atoms with Crippen molar-refractivity contribution in [3.05, 3.63) is 23.8 Å². The van der Waals surface area contributed by atoms with Gasteiger partial charge in [-0.2, -0.15) is 0 Å². The quantitative estimate of drug-likeness (QED) is 0.846. The van der Waals surface area contributed by atoms with Gasteiger partial charge in [0.05, 0.1) is 18.3 Å². The molecular formula is C14H20N2O3. The van der Waals surface area contributed by atoms with E-state index < -0.39 is 0 Å². The van der Waals surface area contributed by atoms with Gasteiger partial charge in [-0.1, -0.05) is 19.9 Å². The number of aliphatic hydroxyl groups excluding tert-OH is 1. The molecule has 0 radical (unpaired) electrons. The third-order valence-electron chi connectivity index (χ3n) is 3.43. The summed E-state index contributed by atoms with van der Waals surface area (Å²) in [7, 11) is 0. The van der Waals surface area contributed by atoms with Crippen LogP contribution in [0.25, 0.3) is 0 Å². The highest BCUT2D eigenvalue weighted by molar-refractivity contribution is 5.98. The lowest BCUT2D eigenvalue weighted by atomic mass is 10.0. The number of carbonyl (C=O) groups excluding carboxylic acids is 1. The summed E-state index contributed by atoms with van der Waals surface area (Å²) < 4.78 is 5.43. The Labute approximate surface area is 113 Å². The molecule has 19 heavy (non-hydrogen) atoms. The average Bonchev–Trinajstić information content (AvgIpc) is 2.41. The molecule has 104 valence electrons. The zero-order valence-electron chi connectivity index (χ0n) is 11.3. The third-order valence-corrected chi connectivity index (χ3v) is 3.43. The van der Waals surface area contributed by atoms with Crippen molar-refractivity contribution < 1.29 is 14.6 Å². The molecule has 1 aliphatic heterocycles. The first kappa shape index (κ1) is 13.8. The van der Waals surface area contributed by atoms with Crippen LogP contribution in [0.1, 0.15) is 19.4 Å². The number of aliphatic hydroxyl groups is 1. The van der Waals surface area contributed by atoms with Crippen molar-refractivity contribution in [2.75, 3.05) is 18.1 Å². The predicted molar refractivity (Wildman–Crippen MR) is 73.0 cm³/mol. The second kappa shape index (κ2) is 5.59. The molecule has 1 atom stereocenters. The Kier molecular flexibility index (Phi) is 4.07. The molecule has 5 nitrogen and oxygen atoms in total. The van der Waals surface area contributed by atoms with E-state index in [9.17, 15) is 9.90 Å². The zero-order valence-corrected chi connectivity index (χ0v) is 11.3. The molecule has 0 aliphatic carbocycles. The lowest BCUT2D eigenvalue weighted by molar-refractivity contribution is -0.122. The van der Waals surface area contributed by atoms with E-state index in [0.29, 0.717) is 18.0 Å². The summed E-state index contributed by atoms with van der Waals surface area (Å²) in [5.41, 5.74) is 7.27. The van der Waals surface area contributed by atoms with Gasteiger partial charge in [0.1, 0.15) is 5.75 Å². The van der Waals surface area contributed by atoms with Crippen molar-refractivity contribution in [1.82, 2.24) is 0 Å².